The molecule has 0 aliphatic carbocycles. The molecule has 2 amide bonds. The van der Waals surface area contributed by atoms with Gasteiger partial charge in [-0.15, -0.1) is 0 Å². The van der Waals surface area contributed by atoms with Crippen LogP contribution >= 0.6 is 0 Å². The van der Waals surface area contributed by atoms with Gasteiger partial charge in [0.25, 0.3) is 11.8 Å². The smallest absolute Gasteiger partial charge is 0.267 e. The third kappa shape index (κ3) is 6.07. The second-order valence-electron chi connectivity index (χ2n) is 9.30. The van der Waals surface area contributed by atoms with E-state index in [0.29, 0.717) is 30.0 Å². The Morgan fingerprint density at radius 2 is 1.71 bits per heavy atom. The van der Waals surface area contributed by atoms with Crippen molar-refractivity contribution in [3.8, 4) is 16.9 Å². The number of aromatic nitrogens is 2. The molecule has 5 rings (SSSR count). The van der Waals surface area contributed by atoms with Crippen molar-refractivity contribution in [1.82, 2.24) is 20.4 Å². The van der Waals surface area contributed by atoms with Gasteiger partial charge in [-0.3, -0.25) is 9.59 Å². The number of carbonyl (C=O) groups is 2. The molecule has 0 saturated carbocycles. The highest BCUT2D eigenvalue weighted by Gasteiger charge is 2.21. The Kier molecular flexibility index (Phi) is 7.75. The van der Waals surface area contributed by atoms with Gasteiger partial charge in [0.2, 0.25) is 0 Å². The molecule has 3 aromatic carbocycles. The first-order valence-electron chi connectivity index (χ1n) is 12.8. The Morgan fingerprint density at radius 1 is 1.00 bits per heavy atom. The highest BCUT2D eigenvalue weighted by molar-refractivity contribution is 6.05. The lowest BCUT2D eigenvalue weighted by atomic mass is 10.1. The van der Waals surface area contributed by atoms with Gasteiger partial charge in [0.15, 0.2) is 0 Å². The van der Waals surface area contributed by atoms with Crippen LogP contribution in [0, 0.1) is 6.92 Å². The monoisotopic (exact) mass is 506 g/mol. The van der Waals surface area contributed by atoms with E-state index < -0.39 is 0 Å². The first-order valence-corrected chi connectivity index (χ1v) is 12.8. The summed E-state index contributed by atoms with van der Waals surface area (Å²) < 4.78 is 7.43. The van der Waals surface area contributed by atoms with Crippen LogP contribution in [0.5, 0.6) is 0 Å². The first kappa shape index (κ1) is 25.2. The molecule has 7 heteroatoms. The van der Waals surface area contributed by atoms with Crippen LogP contribution in [-0.2, 0) is 9.53 Å². The molecule has 1 aliphatic heterocycles. The minimum atomic E-state index is -0.382. The quantitative estimate of drug-likeness (QED) is 0.333. The van der Waals surface area contributed by atoms with Gasteiger partial charge in [0.05, 0.1) is 11.8 Å². The molecule has 192 valence electrons. The van der Waals surface area contributed by atoms with Crippen molar-refractivity contribution in [2.45, 2.75) is 25.9 Å². The van der Waals surface area contributed by atoms with Gasteiger partial charge in [-0.1, -0.05) is 66.2 Å². The highest BCUT2D eigenvalue weighted by Crippen LogP contribution is 2.25. The molecule has 1 fully saturated rings. The van der Waals surface area contributed by atoms with Gasteiger partial charge >= 0.3 is 0 Å². The molecule has 1 aromatic heterocycles. The average Bonchev–Trinajstić information content (AvgIpc) is 3.63. The number of nitrogens with one attached hydrogen (secondary N) is 2. The van der Waals surface area contributed by atoms with Crippen molar-refractivity contribution in [2.24, 2.45) is 0 Å². The summed E-state index contributed by atoms with van der Waals surface area (Å²) in [5.41, 5.74) is 4.84. The van der Waals surface area contributed by atoms with E-state index in [1.54, 1.807) is 22.9 Å². The van der Waals surface area contributed by atoms with Crippen molar-refractivity contribution in [2.75, 3.05) is 13.2 Å². The summed E-state index contributed by atoms with van der Waals surface area (Å²) in [7, 11) is 0. The number of hydrogen-bond donors (Lipinski definition) is 2. The fourth-order valence-corrected chi connectivity index (χ4v) is 4.35. The maximum Gasteiger partial charge on any atom is 0.267 e. The van der Waals surface area contributed by atoms with E-state index in [2.05, 4.69) is 10.6 Å². The van der Waals surface area contributed by atoms with Crippen LogP contribution in [0.3, 0.4) is 0 Å². The zero-order chi connectivity index (χ0) is 26.3. The van der Waals surface area contributed by atoms with Crippen LogP contribution in [0.2, 0.25) is 0 Å². The van der Waals surface area contributed by atoms with Crippen molar-refractivity contribution < 1.29 is 14.3 Å². The second kappa shape index (κ2) is 11.7. The fraction of sp³-hybridized carbons (Fsp3) is 0.194. The minimum Gasteiger partial charge on any atom is -0.376 e. The molecule has 4 aromatic rings. The summed E-state index contributed by atoms with van der Waals surface area (Å²) in [6.07, 6.45) is 5.41. The number of benzene rings is 3. The van der Waals surface area contributed by atoms with Crippen LogP contribution in [0.1, 0.15) is 34.3 Å². The molecular weight excluding hydrogens is 476 g/mol. The molecule has 0 bridgehead atoms. The summed E-state index contributed by atoms with van der Waals surface area (Å²) in [5, 5.41) is 10.6. The van der Waals surface area contributed by atoms with Gasteiger partial charge in [-0.25, -0.2) is 4.68 Å². The van der Waals surface area contributed by atoms with Gasteiger partial charge in [-0.2, -0.15) is 5.10 Å². The van der Waals surface area contributed by atoms with Crippen LogP contribution in [-0.4, -0.2) is 40.9 Å². The summed E-state index contributed by atoms with van der Waals surface area (Å²) >= 11 is 0. The SMILES string of the molecule is Cc1ccc(C(=O)N/C(=C/c2cn(-c3ccccc3)nc2-c2ccccc2)C(=O)NC[C@@H]2CCCO2)cc1. The van der Waals surface area contributed by atoms with E-state index >= 15 is 0 Å². The molecule has 38 heavy (non-hydrogen) atoms. The Hall–Kier alpha value is -4.49. The van der Waals surface area contributed by atoms with Crippen LogP contribution in [0.25, 0.3) is 23.0 Å². The van der Waals surface area contributed by atoms with Crippen molar-refractivity contribution in [3.63, 3.8) is 0 Å². The highest BCUT2D eigenvalue weighted by atomic mass is 16.5. The zero-order valence-electron chi connectivity index (χ0n) is 21.3. The van der Waals surface area contributed by atoms with E-state index in [4.69, 9.17) is 9.84 Å². The Bertz CT molecular complexity index is 1420. The third-order valence-corrected chi connectivity index (χ3v) is 6.43. The normalized spacial score (nSPS) is 15.3. The third-order valence-electron chi connectivity index (χ3n) is 6.43. The maximum atomic E-state index is 13.4. The summed E-state index contributed by atoms with van der Waals surface area (Å²) in [5.74, 6) is -0.743. The zero-order valence-corrected chi connectivity index (χ0v) is 21.3. The van der Waals surface area contributed by atoms with Crippen LogP contribution in [0.15, 0.2) is 96.8 Å². The molecule has 0 spiro atoms. The first-order chi connectivity index (χ1) is 18.6. The van der Waals surface area contributed by atoms with Gasteiger partial charge in [0, 0.05) is 36.0 Å². The lowest BCUT2D eigenvalue weighted by Gasteiger charge is -2.14. The number of carbonyl (C=O) groups excluding carboxylic acids is 2. The van der Waals surface area contributed by atoms with E-state index in [9.17, 15) is 9.59 Å². The standard InChI is InChI=1S/C31H30N4O3/c1-22-14-16-24(17-15-22)30(36)33-28(31(37)32-20-27-13-8-18-38-27)19-25-21-35(26-11-6-3-7-12-26)34-29(25)23-9-4-2-5-10-23/h2-7,9-12,14-17,19,21,27H,8,13,18,20H2,1H3,(H,32,37)(H,33,36)/b28-19+/t27-/m0/s1. The Morgan fingerprint density at radius 3 is 2.39 bits per heavy atom. The molecule has 7 nitrogen and oxygen atoms in total. The van der Waals surface area contributed by atoms with Gasteiger partial charge in [0.1, 0.15) is 11.4 Å². The predicted octanol–water partition coefficient (Wildman–Crippen LogP) is 4.91. The molecule has 2 heterocycles. The Balaban J connectivity index is 1.52. The maximum absolute atomic E-state index is 13.4. The van der Waals surface area contributed by atoms with Crippen LogP contribution in [0.4, 0.5) is 0 Å². The number of ether oxygens (including phenoxy) is 1. The fourth-order valence-electron chi connectivity index (χ4n) is 4.35. The van der Waals surface area contributed by atoms with Crippen molar-refractivity contribution >= 4 is 17.9 Å². The van der Waals surface area contributed by atoms with Crippen molar-refractivity contribution in [3.05, 3.63) is 114 Å². The largest absolute Gasteiger partial charge is 0.376 e. The molecule has 1 aliphatic rings. The number of para-hydroxylation sites is 1. The number of rotatable bonds is 8. The molecule has 1 atom stereocenters. The van der Waals surface area contributed by atoms with Gasteiger partial charge in [-0.05, 0) is 50.1 Å². The molecule has 1 saturated heterocycles. The topological polar surface area (TPSA) is 85.2 Å². The molecule has 0 unspecified atom stereocenters. The van der Waals surface area contributed by atoms with E-state index in [-0.39, 0.29) is 23.6 Å². The lowest BCUT2D eigenvalue weighted by Crippen LogP contribution is -2.38. The lowest BCUT2D eigenvalue weighted by molar-refractivity contribution is -0.118. The van der Waals surface area contributed by atoms with E-state index in [1.165, 1.54) is 0 Å². The number of nitrogens with zero attached hydrogens (tertiary/aromatic N) is 2. The molecule has 2 N–H and O–H groups in total. The predicted molar refractivity (Wildman–Crippen MR) is 148 cm³/mol. The van der Waals surface area contributed by atoms with Crippen LogP contribution < -0.4 is 10.6 Å². The molecular formula is C31H30N4O3. The number of amides is 2. The van der Waals surface area contributed by atoms with Gasteiger partial charge < -0.3 is 15.4 Å². The second-order valence-corrected chi connectivity index (χ2v) is 9.30. The summed E-state index contributed by atoms with van der Waals surface area (Å²) in [6, 6.07) is 26.8. The van der Waals surface area contributed by atoms with E-state index in [0.717, 1.165) is 29.7 Å². The average molecular weight is 507 g/mol. The number of aryl methyl sites for hydroxylation is 1. The van der Waals surface area contributed by atoms with Crippen molar-refractivity contribution in [1.29, 1.82) is 0 Å². The summed E-state index contributed by atoms with van der Waals surface area (Å²) in [4.78, 5) is 26.5. The minimum absolute atomic E-state index is 0.0197. The number of hydrogen-bond acceptors (Lipinski definition) is 4. The molecule has 0 radical (unpaired) electrons. The Labute approximate surface area is 222 Å². The van der Waals surface area contributed by atoms with E-state index in [1.807, 2.05) is 85.9 Å². The summed E-state index contributed by atoms with van der Waals surface area (Å²) in [6.45, 7) is 3.04.